The molecule has 2 aromatic carbocycles. The number of methoxy groups -OCH3 is 3. The van der Waals surface area contributed by atoms with Crippen LogP contribution in [-0.4, -0.2) is 57.3 Å². The minimum atomic E-state index is -3.63. The van der Waals surface area contributed by atoms with Gasteiger partial charge in [0.15, 0.2) is 11.5 Å². The second-order valence-corrected chi connectivity index (χ2v) is 9.34. The number of nitrogens with zero attached hydrogens (tertiary/aromatic N) is 3. The molecule has 0 aliphatic carbocycles. The van der Waals surface area contributed by atoms with Crippen LogP contribution in [0.5, 0.6) is 17.2 Å². The van der Waals surface area contributed by atoms with Crippen LogP contribution < -0.4 is 14.2 Å². The summed E-state index contributed by atoms with van der Waals surface area (Å²) in [6, 6.07) is 11.8. The molecule has 0 radical (unpaired) electrons. The molecule has 0 N–H and O–H groups in total. The van der Waals surface area contributed by atoms with Crippen molar-refractivity contribution in [3.05, 3.63) is 48.4 Å². The minimum Gasteiger partial charge on any atom is -0.497 e. The molecule has 32 heavy (non-hydrogen) atoms. The molecule has 170 valence electrons. The quantitative estimate of drug-likeness (QED) is 0.530. The zero-order valence-corrected chi connectivity index (χ0v) is 19.0. The Kier molecular flexibility index (Phi) is 6.33. The fraction of sp³-hybridized carbons (Fsp3) is 0.364. The molecule has 3 aromatic rings. The van der Waals surface area contributed by atoms with E-state index in [-0.39, 0.29) is 17.4 Å². The van der Waals surface area contributed by atoms with Crippen LogP contribution in [0.3, 0.4) is 0 Å². The number of piperidine rings is 1. The third-order valence-electron chi connectivity index (χ3n) is 5.51. The van der Waals surface area contributed by atoms with Gasteiger partial charge in [0, 0.05) is 18.7 Å². The van der Waals surface area contributed by atoms with Gasteiger partial charge in [-0.3, -0.25) is 0 Å². The van der Waals surface area contributed by atoms with E-state index in [1.165, 1.54) is 4.31 Å². The van der Waals surface area contributed by atoms with Crippen molar-refractivity contribution in [1.29, 1.82) is 0 Å². The van der Waals surface area contributed by atoms with Crippen molar-refractivity contribution in [2.24, 2.45) is 0 Å². The standard InChI is InChI=1S/C22H25N3O6S/c1-28-17-7-9-18(10-8-17)32(26,27)25-12-4-5-16(14-25)22-23-21(24-31-22)15-6-11-19(29-2)20(13-15)30-3/h6-11,13,16H,4-5,12,14H2,1-3H3/t16-/m1/s1. The molecule has 4 rings (SSSR count). The Hall–Kier alpha value is -3.11. The van der Waals surface area contributed by atoms with Crippen molar-refractivity contribution in [3.8, 4) is 28.6 Å². The Labute approximate surface area is 187 Å². The van der Waals surface area contributed by atoms with Gasteiger partial charge >= 0.3 is 0 Å². The minimum absolute atomic E-state index is 0.182. The van der Waals surface area contributed by atoms with Gasteiger partial charge in [-0.15, -0.1) is 0 Å². The average Bonchev–Trinajstić information content (AvgIpc) is 3.34. The predicted octanol–water partition coefficient (Wildman–Crippen LogP) is 3.33. The number of sulfonamides is 1. The summed E-state index contributed by atoms with van der Waals surface area (Å²) in [5, 5.41) is 4.09. The van der Waals surface area contributed by atoms with Gasteiger partial charge in [-0.25, -0.2) is 8.42 Å². The van der Waals surface area contributed by atoms with Gasteiger partial charge in [0.1, 0.15) is 5.75 Å². The summed E-state index contributed by atoms with van der Waals surface area (Å²) >= 11 is 0. The molecule has 1 atom stereocenters. The number of rotatable bonds is 7. The van der Waals surface area contributed by atoms with E-state index < -0.39 is 10.0 Å². The molecule has 0 spiro atoms. The van der Waals surface area contributed by atoms with Crippen LogP contribution in [-0.2, 0) is 10.0 Å². The highest BCUT2D eigenvalue weighted by Crippen LogP contribution is 2.34. The number of hydrogen-bond donors (Lipinski definition) is 0. The zero-order chi connectivity index (χ0) is 22.7. The first-order valence-corrected chi connectivity index (χ1v) is 11.6. The lowest BCUT2D eigenvalue weighted by molar-refractivity contribution is 0.265. The van der Waals surface area contributed by atoms with Crippen molar-refractivity contribution < 1.29 is 27.2 Å². The average molecular weight is 460 g/mol. The molecule has 0 amide bonds. The van der Waals surface area contributed by atoms with Gasteiger partial charge in [0.05, 0.1) is 32.1 Å². The summed E-state index contributed by atoms with van der Waals surface area (Å²) in [4.78, 5) is 4.77. The van der Waals surface area contributed by atoms with Crippen molar-refractivity contribution in [1.82, 2.24) is 14.4 Å². The first kappa shape index (κ1) is 22.1. The van der Waals surface area contributed by atoms with Gasteiger partial charge in [0.25, 0.3) is 0 Å². The third kappa shape index (κ3) is 4.28. The highest BCUT2D eigenvalue weighted by Gasteiger charge is 2.33. The lowest BCUT2D eigenvalue weighted by Crippen LogP contribution is -2.39. The summed E-state index contributed by atoms with van der Waals surface area (Å²) in [7, 11) is 1.04. The van der Waals surface area contributed by atoms with E-state index >= 15 is 0 Å². The largest absolute Gasteiger partial charge is 0.497 e. The van der Waals surface area contributed by atoms with Gasteiger partial charge in [0.2, 0.25) is 21.7 Å². The molecule has 1 aromatic heterocycles. The van der Waals surface area contributed by atoms with E-state index in [2.05, 4.69) is 10.1 Å². The summed E-state index contributed by atoms with van der Waals surface area (Å²) < 4.78 is 48.9. The van der Waals surface area contributed by atoms with Gasteiger partial charge in [-0.05, 0) is 55.3 Å². The normalized spacial score (nSPS) is 17.2. The van der Waals surface area contributed by atoms with E-state index in [1.807, 2.05) is 6.07 Å². The fourth-order valence-electron chi connectivity index (χ4n) is 3.75. The second kappa shape index (κ2) is 9.17. The van der Waals surface area contributed by atoms with Gasteiger partial charge in [-0.2, -0.15) is 9.29 Å². The molecule has 0 saturated carbocycles. The number of ether oxygens (including phenoxy) is 3. The summed E-state index contributed by atoms with van der Waals surface area (Å²) in [6.45, 7) is 0.726. The Bertz CT molecular complexity index is 1180. The Balaban J connectivity index is 1.53. The SMILES string of the molecule is COc1ccc(S(=O)(=O)N2CCC[C@@H](c3nc(-c4ccc(OC)c(OC)c4)no3)C2)cc1. The molecular formula is C22H25N3O6S. The molecule has 0 unspecified atom stereocenters. The van der Waals surface area contributed by atoms with Crippen LogP contribution in [0.25, 0.3) is 11.4 Å². The summed E-state index contributed by atoms with van der Waals surface area (Å²) in [5.41, 5.74) is 0.719. The van der Waals surface area contributed by atoms with E-state index in [4.69, 9.17) is 18.7 Å². The summed E-state index contributed by atoms with van der Waals surface area (Å²) in [5.74, 6) is 2.42. The van der Waals surface area contributed by atoms with Gasteiger partial charge < -0.3 is 18.7 Å². The molecule has 1 aliphatic heterocycles. The van der Waals surface area contributed by atoms with E-state index in [0.29, 0.717) is 41.9 Å². The zero-order valence-electron chi connectivity index (χ0n) is 18.1. The first-order valence-electron chi connectivity index (χ1n) is 10.2. The van der Waals surface area contributed by atoms with Crippen molar-refractivity contribution in [3.63, 3.8) is 0 Å². The van der Waals surface area contributed by atoms with E-state index in [9.17, 15) is 8.42 Å². The Morgan fingerprint density at radius 2 is 1.75 bits per heavy atom. The topological polar surface area (TPSA) is 104 Å². The molecule has 2 heterocycles. The van der Waals surface area contributed by atoms with Crippen LogP contribution >= 0.6 is 0 Å². The number of benzene rings is 2. The molecular weight excluding hydrogens is 434 g/mol. The van der Waals surface area contributed by atoms with Crippen molar-refractivity contribution in [2.45, 2.75) is 23.7 Å². The van der Waals surface area contributed by atoms with E-state index in [0.717, 1.165) is 12.0 Å². The molecule has 1 aliphatic rings. The third-order valence-corrected chi connectivity index (χ3v) is 7.39. The van der Waals surface area contributed by atoms with Crippen LogP contribution in [0.1, 0.15) is 24.7 Å². The van der Waals surface area contributed by atoms with Crippen LogP contribution in [0.15, 0.2) is 51.9 Å². The van der Waals surface area contributed by atoms with E-state index in [1.54, 1.807) is 57.7 Å². The monoisotopic (exact) mass is 459 g/mol. The predicted molar refractivity (Wildman–Crippen MR) is 117 cm³/mol. The number of hydrogen-bond acceptors (Lipinski definition) is 8. The molecule has 10 heteroatoms. The summed E-state index contributed by atoms with van der Waals surface area (Å²) in [6.07, 6.45) is 1.47. The maximum absolute atomic E-state index is 13.1. The fourth-order valence-corrected chi connectivity index (χ4v) is 5.28. The second-order valence-electron chi connectivity index (χ2n) is 7.40. The highest BCUT2D eigenvalue weighted by molar-refractivity contribution is 7.89. The van der Waals surface area contributed by atoms with Crippen molar-refractivity contribution in [2.75, 3.05) is 34.4 Å². The van der Waals surface area contributed by atoms with Crippen LogP contribution in [0, 0.1) is 0 Å². The van der Waals surface area contributed by atoms with Gasteiger partial charge in [-0.1, -0.05) is 5.16 Å². The molecule has 1 fully saturated rings. The maximum atomic E-state index is 13.1. The van der Waals surface area contributed by atoms with Crippen LogP contribution in [0.2, 0.25) is 0 Å². The Morgan fingerprint density at radius 3 is 2.44 bits per heavy atom. The molecule has 9 nitrogen and oxygen atoms in total. The lowest BCUT2D eigenvalue weighted by Gasteiger charge is -2.30. The number of aromatic nitrogens is 2. The Morgan fingerprint density at radius 1 is 1.00 bits per heavy atom. The first-order chi connectivity index (χ1) is 15.5. The van der Waals surface area contributed by atoms with Crippen molar-refractivity contribution >= 4 is 10.0 Å². The lowest BCUT2D eigenvalue weighted by atomic mass is 10.00. The molecule has 0 bridgehead atoms. The maximum Gasteiger partial charge on any atom is 0.243 e. The smallest absolute Gasteiger partial charge is 0.243 e. The molecule has 1 saturated heterocycles. The highest BCUT2D eigenvalue weighted by atomic mass is 32.2. The van der Waals surface area contributed by atoms with Crippen LogP contribution in [0.4, 0.5) is 0 Å².